The highest BCUT2D eigenvalue weighted by Gasteiger charge is 2.15. The summed E-state index contributed by atoms with van der Waals surface area (Å²) in [6, 6.07) is 9.02. The lowest BCUT2D eigenvalue weighted by Crippen LogP contribution is -1.89. The molecule has 106 valence electrons. The molecule has 2 heterocycles. The average molecular weight is 393 g/mol. The number of benzene rings is 1. The van der Waals surface area contributed by atoms with Gasteiger partial charge in [-0.15, -0.1) is 0 Å². The quantitative estimate of drug-likeness (QED) is 0.672. The summed E-state index contributed by atoms with van der Waals surface area (Å²) in [5, 5.41) is 13.9. The van der Waals surface area contributed by atoms with Crippen molar-refractivity contribution in [2.24, 2.45) is 0 Å². The fourth-order valence-corrected chi connectivity index (χ4v) is 2.58. The van der Waals surface area contributed by atoms with Crippen LogP contribution in [0.5, 0.6) is 5.75 Å². The summed E-state index contributed by atoms with van der Waals surface area (Å²) >= 11 is 2.17. The highest BCUT2D eigenvalue weighted by molar-refractivity contribution is 14.1. The molecule has 0 fully saturated rings. The number of phenolic OH excluding ortho intramolecular Hbond substituents is 1. The van der Waals surface area contributed by atoms with Crippen LogP contribution in [0.3, 0.4) is 0 Å². The maximum atomic E-state index is 9.92. The second-order valence-electron chi connectivity index (χ2n) is 4.72. The molecule has 5 nitrogen and oxygen atoms in total. The van der Waals surface area contributed by atoms with E-state index in [4.69, 9.17) is 4.52 Å². The first-order chi connectivity index (χ1) is 10.0. The number of pyridine rings is 1. The molecule has 1 N–H and O–H groups in total. The molecule has 2 aromatic heterocycles. The van der Waals surface area contributed by atoms with Crippen LogP contribution < -0.4 is 0 Å². The topological polar surface area (TPSA) is 72.0 Å². The molecule has 3 aromatic rings. The van der Waals surface area contributed by atoms with Crippen LogP contribution in [0.25, 0.3) is 22.8 Å². The Balaban J connectivity index is 2.05. The van der Waals surface area contributed by atoms with E-state index in [9.17, 15) is 5.11 Å². The summed E-state index contributed by atoms with van der Waals surface area (Å²) in [5.41, 5.74) is 3.17. The molecule has 0 aliphatic rings. The van der Waals surface area contributed by atoms with Crippen LogP contribution in [0, 0.1) is 17.4 Å². The Bertz CT molecular complexity index is 794. The highest BCUT2D eigenvalue weighted by atomic mass is 127. The van der Waals surface area contributed by atoms with Crippen LogP contribution in [-0.4, -0.2) is 20.2 Å². The Morgan fingerprint density at radius 1 is 1.05 bits per heavy atom. The van der Waals surface area contributed by atoms with Gasteiger partial charge in [0.05, 0.1) is 5.56 Å². The van der Waals surface area contributed by atoms with Crippen LogP contribution in [0.15, 0.2) is 34.9 Å². The van der Waals surface area contributed by atoms with Crippen molar-refractivity contribution in [3.05, 3.63) is 45.3 Å². The van der Waals surface area contributed by atoms with Crippen molar-refractivity contribution < 1.29 is 9.63 Å². The fourth-order valence-electron chi connectivity index (χ4n) is 2.09. The van der Waals surface area contributed by atoms with Crippen molar-refractivity contribution in [3.8, 4) is 28.6 Å². The molecule has 0 spiro atoms. The van der Waals surface area contributed by atoms with Crippen molar-refractivity contribution in [2.75, 3.05) is 0 Å². The number of phenols is 1. The van der Waals surface area contributed by atoms with Gasteiger partial charge in [0, 0.05) is 20.5 Å². The predicted octanol–water partition coefficient (Wildman–Crippen LogP) is 3.73. The summed E-state index contributed by atoms with van der Waals surface area (Å²) in [5.74, 6) is 0.901. The minimum Gasteiger partial charge on any atom is -0.507 e. The van der Waals surface area contributed by atoms with E-state index in [2.05, 4.69) is 37.7 Å². The zero-order valence-electron chi connectivity index (χ0n) is 11.5. The van der Waals surface area contributed by atoms with E-state index >= 15 is 0 Å². The van der Waals surface area contributed by atoms with Crippen LogP contribution >= 0.6 is 22.6 Å². The molecule has 0 saturated carbocycles. The van der Waals surface area contributed by atoms with Gasteiger partial charge in [-0.2, -0.15) is 4.98 Å². The lowest BCUT2D eigenvalue weighted by molar-refractivity contribution is 0.425. The van der Waals surface area contributed by atoms with Gasteiger partial charge in [-0.3, -0.25) is 4.98 Å². The van der Waals surface area contributed by atoms with Gasteiger partial charge >= 0.3 is 0 Å². The lowest BCUT2D eigenvalue weighted by Gasteiger charge is -2.00. The zero-order valence-corrected chi connectivity index (χ0v) is 13.6. The van der Waals surface area contributed by atoms with E-state index in [1.165, 1.54) is 0 Å². The third-order valence-electron chi connectivity index (χ3n) is 2.95. The van der Waals surface area contributed by atoms with Gasteiger partial charge < -0.3 is 9.63 Å². The smallest absolute Gasteiger partial charge is 0.262 e. The molecule has 1 aromatic carbocycles. The first-order valence-electron chi connectivity index (χ1n) is 6.31. The van der Waals surface area contributed by atoms with E-state index in [1.54, 1.807) is 12.1 Å². The Hall–Kier alpha value is -1.96. The number of aromatic hydroxyl groups is 1. The molecule has 0 aliphatic heterocycles. The monoisotopic (exact) mass is 393 g/mol. The molecule has 0 saturated heterocycles. The van der Waals surface area contributed by atoms with Crippen LogP contribution in [-0.2, 0) is 0 Å². The molecule has 0 radical (unpaired) electrons. The predicted molar refractivity (Wildman–Crippen MR) is 86.8 cm³/mol. The largest absolute Gasteiger partial charge is 0.507 e. The number of aryl methyl sites for hydroxylation is 2. The third kappa shape index (κ3) is 2.90. The van der Waals surface area contributed by atoms with E-state index in [0.29, 0.717) is 17.3 Å². The summed E-state index contributed by atoms with van der Waals surface area (Å²) in [6.07, 6.45) is 0. The second-order valence-corrected chi connectivity index (χ2v) is 5.97. The standard InChI is InChI=1S/C15H12IN3O2/c1-8-5-10(6-9(2)17-8)14-18-15(21-19-14)12-7-11(16)3-4-13(12)20/h3-7,20H,1-2H3. The minimum atomic E-state index is 0.118. The number of hydrogen-bond acceptors (Lipinski definition) is 5. The maximum absolute atomic E-state index is 9.92. The van der Waals surface area contributed by atoms with Gasteiger partial charge in [0.1, 0.15) is 5.75 Å². The molecule has 0 unspecified atom stereocenters. The molecule has 0 bridgehead atoms. The number of rotatable bonds is 2. The average Bonchev–Trinajstić information content (AvgIpc) is 2.90. The van der Waals surface area contributed by atoms with Crippen molar-refractivity contribution >= 4 is 22.6 Å². The lowest BCUT2D eigenvalue weighted by atomic mass is 10.2. The molecular formula is C15H12IN3O2. The first kappa shape index (κ1) is 14.0. The summed E-state index contributed by atoms with van der Waals surface area (Å²) in [6.45, 7) is 3.84. The van der Waals surface area contributed by atoms with E-state index in [0.717, 1.165) is 20.5 Å². The number of nitrogens with zero attached hydrogens (tertiary/aromatic N) is 3. The Morgan fingerprint density at radius 3 is 2.48 bits per heavy atom. The number of hydrogen-bond donors (Lipinski definition) is 1. The van der Waals surface area contributed by atoms with Gasteiger partial charge in [-0.1, -0.05) is 5.16 Å². The maximum Gasteiger partial charge on any atom is 0.262 e. The van der Waals surface area contributed by atoms with E-state index < -0.39 is 0 Å². The Labute approximate surface area is 135 Å². The molecule has 0 amide bonds. The molecule has 0 atom stereocenters. The normalized spacial score (nSPS) is 10.8. The summed E-state index contributed by atoms with van der Waals surface area (Å²) < 4.78 is 6.26. The van der Waals surface area contributed by atoms with E-state index in [-0.39, 0.29) is 5.75 Å². The number of aromatic nitrogens is 3. The minimum absolute atomic E-state index is 0.118. The highest BCUT2D eigenvalue weighted by Crippen LogP contribution is 2.30. The van der Waals surface area contributed by atoms with E-state index in [1.807, 2.05) is 32.0 Å². The zero-order chi connectivity index (χ0) is 15.0. The Kier molecular flexibility index (Phi) is 3.62. The van der Waals surface area contributed by atoms with Gasteiger partial charge in [-0.05, 0) is 66.8 Å². The van der Waals surface area contributed by atoms with Crippen LogP contribution in [0.2, 0.25) is 0 Å². The van der Waals surface area contributed by atoms with Crippen molar-refractivity contribution in [1.29, 1.82) is 0 Å². The Morgan fingerprint density at radius 2 is 1.76 bits per heavy atom. The fraction of sp³-hybridized carbons (Fsp3) is 0.133. The van der Waals surface area contributed by atoms with Crippen LogP contribution in [0.4, 0.5) is 0 Å². The van der Waals surface area contributed by atoms with Gasteiger partial charge in [0.15, 0.2) is 0 Å². The SMILES string of the molecule is Cc1cc(-c2noc(-c3cc(I)ccc3O)n2)cc(C)n1. The molecule has 6 heteroatoms. The molecule has 3 rings (SSSR count). The molecule has 0 aliphatic carbocycles. The molecule has 21 heavy (non-hydrogen) atoms. The van der Waals surface area contributed by atoms with Crippen molar-refractivity contribution in [1.82, 2.24) is 15.1 Å². The first-order valence-corrected chi connectivity index (χ1v) is 7.39. The molecular weight excluding hydrogens is 381 g/mol. The van der Waals surface area contributed by atoms with Crippen LogP contribution in [0.1, 0.15) is 11.4 Å². The number of halogens is 1. The van der Waals surface area contributed by atoms with Crippen molar-refractivity contribution in [2.45, 2.75) is 13.8 Å². The van der Waals surface area contributed by atoms with Gasteiger partial charge in [-0.25, -0.2) is 0 Å². The summed E-state index contributed by atoms with van der Waals surface area (Å²) in [4.78, 5) is 8.69. The second kappa shape index (κ2) is 5.44. The van der Waals surface area contributed by atoms with Gasteiger partial charge in [0.2, 0.25) is 5.82 Å². The summed E-state index contributed by atoms with van der Waals surface area (Å²) in [7, 11) is 0. The van der Waals surface area contributed by atoms with Gasteiger partial charge in [0.25, 0.3) is 5.89 Å². The van der Waals surface area contributed by atoms with Crippen molar-refractivity contribution in [3.63, 3.8) is 0 Å². The third-order valence-corrected chi connectivity index (χ3v) is 3.63.